The van der Waals surface area contributed by atoms with Crippen molar-refractivity contribution in [3.63, 3.8) is 0 Å². The molecule has 1 saturated carbocycles. The molecule has 1 aliphatic carbocycles. The number of aryl methyl sites for hydroxylation is 1. The van der Waals surface area contributed by atoms with E-state index in [9.17, 15) is 13.2 Å². The van der Waals surface area contributed by atoms with Crippen molar-refractivity contribution in [2.24, 2.45) is 5.92 Å². The Morgan fingerprint density at radius 2 is 1.63 bits per heavy atom. The van der Waals surface area contributed by atoms with Crippen LogP contribution in [0.1, 0.15) is 61.6 Å². The third kappa shape index (κ3) is 6.99. The third-order valence-corrected chi connectivity index (χ3v) is 5.52. The molecule has 0 unspecified atom stereocenters. The molecule has 3 rings (SSSR count). The van der Waals surface area contributed by atoms with Gasteiger partial charge in [-0.15, -0.1) is 13.2 Å². The molecular formula is C26H27F3O. The number of rotatable bonds is 5. The quantitative estimate of drug-likeness (QED) is 0.464. The minimum absolute atomic E-state index is 0.236. The van der Waals surface area contributed by atoms with Gasteiger partial charge >= 0.3 is 6.36 Å². The zero-order valence-corrected chi connectivity index (χ0v) is 17.2. The lowest BCUT2D eigenvalue weighted by Gasteiger charge is -2.27. The van der Waals surface area contributed by atoms with Crippen molar-refractivity contribution in [2.45, 2.75) is 57.7 Å². The Kier molecular flexibility index (Phi) is 7.63. The van der Waals surface area contributed by atoms with Crippen LogP contribution in [0.15, 0.2) is 60.7 Å². The number of halogens is 3. The van der Waals surface area contributed by atoms with E-state index in [4.69, 9.17) is 0 Å². The van der Waals surface area contributed by atoms with Gasteiger partial charge in [0.05, 0.1) is 0 Å². The Morgan fingerprint density at radius 1 is 0.967 bits per heavy atom. The smallest absolute Gasteiger partial charge is 0.406 e. The van der Waals surface area contributed by atoms with Crippen LogP contribution in [0.4, 0.5) is 13.2 Å². The fourth-order valence-corrected chi connectivity index (χ4v) is 3.94. The number of hydrogen-bond acceptors (Lipinski definition) is 1. The molecule has 0 N–H and O–H groups in total. The number of allylic oxidation sites excluding steroid dienone is 2. The molecule has 0 atom stereocenters. The van der Waals surface area contributed by atoms with Gasteiger partial charge in [0.2, 0.25) is 0 Å². The minimum atomic E-state index is -4.67. The van der Waals surface area contributed by atoms with Crippen molar-refractivity contribution >= 4 is 0 Å². The van der Waals surface area contributed by atoms with Crippen LogP contribution in [0.25, 0.3) is 0 Å². The number of benzene rings is 2. The Labute approximate surface area is 177 Å². The summed E-state index contributed by atoms with van der Waals surface area (Å²) in [6.45, 7) is 2.20. The van der Waals surface area contributed by atoms with Gasteiger partial charge in [0.15, 0.2) is 0 Å². The second-order valence-electron chi connectivity index (χ2n) is 7.80. The van der Waals surface area contributed by atoms with Crippen LogP contribution in [0.2, 0.25) is 0 Å². The number of ether oxygens (including phenoxy) is 1. The van der Waals surface area contributed by atoms with Crippen molar-refractivity contribution in [3.05, 3.63) is 77.4 Å². The van der Waals surface area contributed by atoms with E-state index in [-0.39, 0.29) is 5.75 Å². The fraction of sp³-hybridized carbons (Fsp3) is 0.385. The average molecular weight is 412 g/mol. The molecule has 1 aliphatic rings. The zero-order valence-electron chi connectivity index (χ0n) is 17.2. The van der Waals surface area contributed by atoms with Crippen molar-refractivity contribution in [2.75, 3.05) is 0 Å². The molecule has 0 radical (unpaired) electrons. The molecule has 30 heavy (non-hydrogen) atoms. The van der Waals surface area contributed by atoms with E-state index < -0.39 is 6.36 Å². The summed E-state index contributed by atoms with van der Waals surface area (Å²) in [5, 5.41) is 0. The van der Waals surface area contributed by atoms with Crippen molar-refractivity contribution in [3.8, 4) is 17.6 Å². The first-order chi connectivity index (χ1) is 14.4. The molecule has 2 aromatic carbocycles. The van der Waals surface area contributed by atoms with Crippen LogP contribution in [0.3, 0.4) is 0 Å². The molecule has 0 aromatic heterocycles. The van der Waals surface area contributed by atoms with E-state index in [1.165, 1.54) is 54.7 Å². The molecule has 0 aliphatic heterocycles. The van der Waals surface area contributed by atoms with E-state index in [0.29, 0.717) is 17.4 Å². The van der Waals surface area contributed by atoms with Crippen LogP contribution in [0.5, 0.6) is 5.75 Å². The summed E-state index contributed by atoms with van der Waals surface area (Å²) in [5.74, 6) is 6.89. The van der Waals surface area contributed by atoms with Gasteiger partial charge in [0.25, 0.3) is 0 Å². The van der Waals surface area contributed by atoms with E-state index >= 15 is 0 Å². The highest BCUT2D eigenvalue weighted by molar-refractivity contribution is 5.40. The molecule has 0 heterocycles. The maximum absolute atomic E-state index is 12.2. The van der Waals surface area contributed by atoms with E-state index in [0.717, 1.165) is 19.3 Å². The van der Waals surface area contributed by atoms with Gasteiger partial charge in [-0.2, -0.15) is 0 Å². The Bertz CT molecular complexity index is 875. The van der Waals surface area contributed by atoms with Gasteiger partial charge in [-0.05, 0) is 85.4 Å². The average Bonchev–Trinajstić information content (AvgIpc) is 2.73. The third-order valence-electron chi connectivity index (χ3n) is 5.52. The summed E-state index contributed by atoms with van der Waals surface area (Å²) < 4.78 is 40.4. The molecule has 158 valence electrons. The maximum atomic E-state index is 12.2. The Morgan fingerprint density at radius 3 is 2.23 bits per heavy atom. The maximum Gasteiger partial charge on any atom is 0.573 e. The van der Waals surface area contributed by atoms with Gasteiger partial charge in [-0.1, -0.05) is 55.5 Å². The van der Waals surface area contributed by atoms with Crippen LogP contribution in [-0.2, 0) is 6.42 Å². The second kappa shape index (κ2) is 10.4. The highest BCUT2D eigenvalue weighted by atomic mass is 19.4. The van der Waals surface area contributed by atoms with Gasteiger partial charge < -0.3 is 4.74 Å². The SMILES string of the molecule is CCCc1ccc(C2CCC(C=CC#Cc3ccc(OC(F)(F)F)cc3)CC2)cc1. The van der Waals surface area contributed by atoms with Crippen LogP contribution in [-0.4, -0.2) is 6.36 Å². The van der Waals surface area contributed by atoms with Crippen molar-refractivity contribution in [1.82, 2.24) is 0 Å². The molecule has 0 amide bonds. The predicted octanol–water partition coefficient (Wildman–Crippen LogP) is 7.42. The molecule has 4 heteroatoms. The highest BCUT2D eigenvalue weighted by Gasteiger charge is 2.30. The summed E-state index contributed by atoms with van der Waals surface area (Å²) in [7, 11) is 0. The number of hydrogen-bond donors (Lipinski definition) is 0. The predicted molar refractivity (Wildman–Crippen MR) is 114 cm³/mol. The standard InChI is InChI=1S/C26H27F3O/c1-2-5-20-8-14-23(15-9-20)24-16-10-21(11-17-24)6-3-4-7-22-12-18-25(19-13-22)30-26(27,28)29/h3,6,8-9,12-15,18-19,21,24H,2,5,10-11,16-17H2,1H3. The first kappa shape index (κ1) is 22.0. The molecule has 0 saturated heterocycles. The summed E-state index contributed by atoms with van der Waals surface area (Å²) in [5.41, 5.74) is 3.53. The summed E-state index contributed by atoms with van der Waals surface area (Å²) in [6.07, 6.45) is 6.37. The van der Waals surface area contributed by atoms with Crippen LogP contribution in [0, 0.1) is 17.8 Å². The largest absolute Gasteiger partial charge is 0.573 e. The van der Waals surface area contributed by atoms with Crippen LogP contribution < -0.4 is 4.74 Å². The Hall–Kier alpha value is -2.67. The first-order valence-corrected chi connectivity index (χ1v) is 10.6. The first-order valence-electron chi connectivity index (χ1n) is 10.6. The lowest BCUT2D eigenvalue weighted by Crippen LogP contribution is -2.16. The van der Waals surface area contributed by atoms with Gasteiger partial charge in [0, 0.05) is 5.56 Å². The Balaban J connectivity index is 1.46. The van der Waals surface area contributed by atoms with Gasteiger partial charge in [0.1, 0.15) is 5.75 Å². The zero-order chi connectivity index (χ0) is 21.4. The molecule has 1 nitrogen and oxygen atoms in total. The van der Waals surface area contributed by atoms with Crippen molar-refractivity contribution in [1.29, 1.82) is 0 Å². The van der Waals surface area contributed by atoms with E-state index in [1.807, 2.05) is 6.08 Å². The second-order valence-corrected chi connectivity index (χ2v) is 7.80. The van der Waals surface area contributed by atoms with Crippen LogP contribution >= 0.6 is 0 Å². The minimum Gasteiger partial charge on any atom is -0.406 e. The molecule has 0 spiro atoms. The summed E-state index contributed by atoms with van der Waals surface area (Å²) in [4.78, 5) is 0. The number of alkyl halides is 3. The monoisotopic (exact) mass is 412 g/mol. The molecule has 0 bridgehead atoms. The molecular weight excluding hydrogens is 385 g/mol. The van der Waals surface area contributed by atoms with E-state index in [1.54, 1.807) is 0 Å². The normalized spacial score (nSPS) is 19.3. The lowest BCUT2D eigenvalue weighted by atomic mass is 9.78. The molecule has 2 aromatic rings. The lowest BCUT2D eigenvalue weighted by molar-refractivity contribution is -0.274. The summed E-state index contributed by atoms with van der Waals surface area (Å²) >= 11 is 0. The van der Waals surface area contributed by atoms with Gasteiger partial charge in [-0.25, -0.2) is 0 Å². The van der Waals surface area contributed by atoms with Crippen molar-refractivity contribution < 1.29 is 17.9 Å². The highest BCUT2D eigenvalue weighted by Crippen LogP contribution is 2.36. The topological polar surface area (TPSA) is 9.23 Å². The summed E-state index contributed by atoms with van der Waals surface area (Å²) in [6, 6.07) is 14.7. The van der Waals surface area contributed by atoms with E-state index in [2.05, 4.69) is 53.8 Å². The molecule has 1 fully saturated rings. The van der Waals surface area contributed by atoms with Gasteiger partial charge in [-0.3, -0.25) is 0 Å². The fourth-order valence-electron chi connectivity index (χ4n) is 3.94.